The average Bonchev–Trinajstić information content (AvgIpc) is 3.09. The minimum atomic E-state index is -4.45. The van der Waals surface area contributed by atoms with Crippen LogP contribution in [0.25, 0.3) is 5.69 Å². The number of carbonyl (C=O) groups excluding carboxylic acids is 1. The third-order valence-corrected chi connectivity index (χ3v) is 4.76. The first-order chi connectivity index (χ1) is 14.3. The number of pyridine rings is 1. The number of nitrogens with one attached hydrogen (secondary N) is 1. The zero-order chi connectivity index (χ0) is 21.7. The Bertz CT molecular complexity index is 1000. The van der Waals surface area contributed by atoms with Crippen molar-refractivity contribution >= 4 is 17.7 Å². The number of alkyl halides is 3. The molecule has 1 N–H and O–H groups in total. The van der Waals surface area contributed by atoms with Crippen LogP contribution in [0, 0.1) is 0 Å². The molecule has 0 spiro atoms. The second-order valence-electron chi connectivity index (χ2n) is 6.06. The van der Waals surface area contributed by atoms with Gasteiger partial charge in [0.15, 0.2) is 5.82 Å². The van der Waals surface area contributed by atoms with Crippen molar-refractivity contribution in [2.24, 2.45) is 0 Å². The third kappa shape index (κ3) is 5.29. The molecular formula is C19H18F3N5O2S. The number of hydrogen-bond donors (Lipinski definition) is 1. The van der Waals surface area contributed by atoms with Gasteiger partial charge in [-0.15, -0.1) is 10.2 Å². The number of benzene rings is 1. The van der Waals surface area contributed by atoms with Gasteiger partial charge in [0.05, 0.1) is 18.7 Å². The molecule has 0 saturated carbocycles. The van der Waals surface area contributed by atoms with Crippen LogP contribution in [0.3, 0.4) is 0 Å². The number of rotatable bonds is 7. The summed E-state index contributed by atoms with van der Waals surface area (Å²) in [5.74, 6) is 0.926. The summed E-state index contributed by atoms with van der Waals surface area (Å²) in [5, 5.41) is 11.6. The van der Waals surface area contributed by atoms with Crippen LogP contribution >= 0.6 is 11.8 Å². The molecule has 0 fully saturated rings. The van der Waals surface area contributed by atoms with Crippen LogP contribution in [0.15, 0.2) is 52.8 Å². The number of hydrogen-bond acceptors (Lipinski definition) is 6. The molecule has 1 amide bonds. The molecule has 0 bridgehead atoms. The Morgan fingerprint density at radius 2 is 1.90 bits per heavy atom. The third-order valence-electron chi connectivity index (χ3n) is 3.86. The molecule has 2 heterocycles. The fraction of sp³-hybridized carbons (Fsp3) is 0.263. The van der Waals surface area contributed by atoms with Crippen LogP contribution in [-0.2, 0) is 17.5 Å². The van der Waals surface area contributed by atoms with Crippen LogP contribution in [0.1, 0.15) is 25.2 Å². The predicted molar refractivity (Wildman–Crippen MR) is 103 cm³/mol. The Balaban J connectivity index is 1.92. The lowest BCUT2D eigenvalue weighted by molar-refractivity contribution is -0.137. The summed E-state index contributed by atoms with van der Waals surface area (Å²) in [6.45, 7) is 3.93. The smallest absolute Gasteiger partial charge is 0.417 e. The van der Waals surface area contributed by atoms with E-state index in [1.807, 2.05) is 6.92 Å². The summed E-state index contributed by atoms with van der Waals surface area (Å²) < 4.78 is 45.4. The molecule has 0 aliphatic heterocycles. The maximum Gasteiger partial charge on any atom is 0.417 e. The van der Waals surface area contributed by atoms with Crippen LogP contribution in [0.2, 0.25) is 0 Å². The number of carbonyl (C=O) groups is 1. The van der Waals surface area contributed by atoms with Crippen molar-refractivity contribution in [1.82, 2.24) is 25.1 Å². The van der Waals surface area contributed by atoms with E-state index in [0.717, 1.165) is 24.0 Å². The van der Waals surface area contributed by atoms with Gasteiger partial charge in [-0.05, 0) is 55.1 Å². The van der Waals surface area contributed by atoms with E-state index in [1.54, 1.807) is 28.8 Å². The maximum atomic E-state index is 12.8. The standard InChI is InChI=1S/C19H18F3N5O2S/c1-3-29-15-7-5-14(6-8-15)27-16(11-23-12(2)28)25-26-18(27)30-17-9-4-13(10-24-17)19(20,21)22/h4-10H,3,11H2,1-2H3,(H,23,28). The molecule has 0 radical (unpaired) electrons. The second-order valence-corrected chi connectivity index (χ2v) is 7.04. The maximum absolute atomic E-state index is 12.8. The summed E-state index contributed by atoms with van der Waals surface area (Å²) in [6.07, 6.45) is -3.68. The lowest BCUT2D eigenvalue weighted by Gasteiger charge is -2.12. The van der Waals surface area contributed by atoms with Crippen molar-refractivity contribution in [2.45, 2.75) is 36.8 Å². The highest BCUT2D eigenvalue weighted by molar-refractivity contribution is 7.99. The Kier molecular flexibility index (Phi) is 6.60. The van der Waals surface area contributed by atoms with E-state index in [2.05, 4.69) is 20.5 Å². The lowest BCUT2D eigenvalue weighted by atomic mass is 10.3. The van der Waals surface area contributed by atoms with E-state index in [4.69, 9.17) is 4.74 Å². The molecule has 0 saturated heterocycles. The van der Waals surface area contributed by atoms with Crippen molar-refractivity contribution in [3.8, 4) is 11.4 Å². The van der Waals surface area contributed by atoms with Gasteiger partial charge in [-0.1, -0.05) is 0 Å². The van der Waals surface area contributed by atoms with Gasteiger partial charge < -0.3 is 10.1 Å². The molecule has 0 unspecified atom stereocenters. The number of halogens is 3. The van der Waals surface area contributed by atoms with E-state index >= 15 is 0 Å². The van der Waals surface area contributed by atoms with Crippen LogP contribution < -0.4 is 10.1 Å². The first-order valence-electron chi connectivity index (χ1n) is 8.91. The van der Waals surface area contributed by atoms with Crippen molar-refractivity contribution in [1.29, 1.82) is 0 Å². The van der Waals surface area contributed by atoms with Crippen molar-refractivity contribution in [3.63, 3.8) is 0 Å². The zero-order valence-corrected chi connectivity index (χ0v) is 16.9. The number of amides is 1. The zero-order valence-electron chi connectivity index (χ0n) is 16.1. The monoisotopic (exact) mass is 437 g/mol. The molecular weight excluding hydrogens is 419 g/mol. The fourth-order valence-electron chi connectivity index (χ4n) is 2.50. The van der Waals surface area contributed by atoms with Gasteiger partial charge in [0, 0.05) is 18.8 Å². The summed E-state index contributed by atoms with van der Waals surface area (Å²) in [7, 11) is 0. The van der Waals surface area contributed by atoms with E-state index in [0.29, 0.717) is 34.1 Å². The molecule has 3 aromatic rings. The summed E-state index contributed by atoms with van der Waals surface area (Å²) in [5.41, 5.74) is -0.121. The summed E-state index contributed by atoms with van der Waals surface area (Å²) in [6, 6.07) is 9.41. The highest BCUT2D eigenvalue weighted by atomic mass is 32.2. The van der Waals surface area contributed by atoms with Crippen LogP contribution in [-0.4, -0.2) is 32.3 Å². The Morgan fingerprint density at radius 1 is 1.17 bits per heavy atom. The van der Waals surface area contributed by atoms with Gasteiger partial charge >= 0.3 is 6.18 Å². The fourth-order valence-corrected chi connectivity index (χ4v) is 3.32. The van der Waals surface area contributed by atoms with Crippen LogP contribution in [0.5, 0.6) is 5.75 Å². The molecule has 7 nitrogen and oxygen atoms in total. The van der Waals surface area contributed by atoms with Gasteiger partial charge in [0.1, 0.15) is 10.8 Å². The minimum absolute atomic E-state index is 0.135. The number of ether oxygens (including phenoxy) is 1. The minimum Gasteiger partial charge on any atom is -0.494 e. The summed E-state index contributed by atoms with van der Waals surface area (Å²) in [4.78, 5) is 15.2. The molecule has 30 heavy (non-hydrogen) atoms. The number of aromatic nitrogens is 4. The molecule has 0 aliphatic rings. The molecule has 158 valence electrons. The van der Waals surface area contributed by atoms with Gasteiger partial charge in [0.2, 0.25) is 11.1 Å². The first-order valence-corrected chi connectivity index (χ1v) is 9.72. The SMILES string of the molecule is CCOc1ccc(-n2c(CNC(C)=O)nnc2Sc2ccc(C(F)(F)F)cn2)cc1. The second kappa shape index (κ2) is 9.16. The molecule has 0 atom stereocenters. The topological polar surface area (TPSA) is 81.9 Å². The first kappa shape index (κ1) is 21.6. The van der Waals surface area contributed by atoms with Gasteiger partial charge in [-0.2, -0.15) is 13.2 Å². The van der Waals surface area contributed by atoms with Crippen molar-refractivity contribution in [2.75, 3.05) is 6.61 Å². The average molecular weight is 437 g/mol. The van der Waals surface area contributed by atoms with Crippen molar-refractivity contribution < 1.29 is 22.7 Å². The lowest BCUT2D eigenvalue weighted by Crippen LogP contribution is -2.21. The predicted octanol–water partition coefficient (Wildman–Crippen LogP) is 3.87. The van der Waals surface area contributed by atoms with E-state index < -0.39 is 11.7 Å². The van der Waals surface area contributed by atoms with E-state index in [9.17, 15) is 18.0 Å². The normalized spacial score (nSPS) is 11.4. The molecule has 0 aliphatic carbocycles. The highest BCUT2D eigenvalue weighted by Crippen LogP contribution is 2.32. The van der Waals surface area contributed by atoms with E-state index in [-0.39, 0.29) is 12.5 Å². The van der Waals surface area contributed by atoms with E-state index in [1.165, 1.54) is 13.0 Å². The van der Waals surface area contributed by atoms with Gasteiger partial charge in [-0.25, -0.2) is 4.98 Å². The van der Waals surface area contributed by atoms with Gasteiger partial charge in [0.25, 0.3) is 0 Å². The molecule has 2 aromatic heterocycles. The Labute approximate surface area is 174 Å². The molecule has 3 rings (SSSR count). The molecule has 1 aromatic carbocycles. The van der Waals surface area contributed by atoms with Crippen molar-refractivity contribution in [3.05, 3.63) is 54.0 Å². The number of nitrogens with zero attached hydrogens (tertiary/aromatic N) is 4. The van der Waals surface area contributed by atoms with Gasteiger partial charge in [-0.3, -0.25) is 9.36 Å². The van der Waals surface area contributed by atoms with Crippen LogP contribution in [0.4, 0.5) is 13.2 Å². The largest absolute Gasteiger partial charge is 0.494 e. The Hall–Kier alpha value is -3.08. The molecule has 11 heteroatoms. The summed E-state index contributed by atoms with van der Waals surface area (Å²) >= 11 is 1.06. The highest BCUT2D eigenvalue weighted by Gasteiger charge is 2.30. The Morgan fingerprint density at radius 3 is 2.47 bits per heavy atom. The quantitative estimate of drug-likeness (QED) is 0.604.